The van der Waals surface area contributed by atoms with Crippen LogP contribution in [0.2, 0.25) is 0 Å². The summed E-state index contributed by atoms with van der Waals surface area (Å²) in [5.74, 6) is -0.0875. The molecule has 0 fully saturated rings. The van der Waals surface area contributed by atoms with Crippen molar-refractivity contribution in [2.45, 2.75) is 13.0 Å². The van der Waals surface area contributed by atoms with E-state index in [1.54, 1.807) is 12.4 Å². The fourth-order valence-electron chi connectivity index (χ4n) is 1.65. The lowest BCUT2D eigenvalue weighted by Gasteiger charge is -2.04. The summed E-state index contributed by atoms with van der Waals surface area (Å²) in [4.78, 5) is 11.8. The van der Waals surface area contributed by atoms with Crippen LogP contribution in [0.25, 0.3) is 0 Å². The molecule has 0 unspecified atom stereocenters. The zero-order valence-electron chi connectivity index (χ0n) is 10.0. The molecule has 0 aliphatic carbocycles. The summed E-state index contributed by atoms with van der Waals surface area (Å²) in [6.45, 7) is 1.09. The van der Waals surface area contributed by atoms with Crippen LogP contribution in [0.3, 0.4) is 0 Å². The lowest BCUT2D eigenvalue weighted by Crippen LogP contribution is -2.22. The monoisotopic (exact) mass is 244 g/mol. The van der Waals surface area contributed by atoms with E-state index in [4.69, 9.17) is 5.73 Å². The van der Waals surface area contributed by atoms with Gasteiger partial charge < -0.3 is 11.1 Å². The van der Waals surface area contributed by atoms with E-state index < -0.39 is 0 Å². The molecule has 2 aromatic rings. The zero-order chi connectivity index (χ0) is 12.8. The Morgan fingerprint density at radius 1 is 1.28 bits per heavy atom. The Hall–Kier alpha value is -2.14. The molecule has 0 saturated heterocycles. The van der Waals surface area contributed by atoms with E-state index in [0.717, 1.165) is 17.5 Å². The molecule has 94 valence electrons. The number of aromatic nitrogens is 2. The fraction of sp³-hybridized carbons (Fsp3) is 0.231. The number of nitrogens with one attached hydrogen (secondary N) is 2. The number of hydrogen-bond donors (Lipinski definition) is 3. The molecule has 0 aliphatic heterocycles. The molecule has 0 atom stereocenters. The number of aromatic amines is 1. The first-order valence-electron chi connectivity index (χ1n) is 5.84. The van der Waals surface area contributed by atoms with Crippen molar-refractivity contribution in [1.29, 1.82) is 0 Å². The molecule has 4 N–H and O–H groups in total. The Morgan fingerprint density at radius 2 is 2.06 bits per heavy atom. The van der Waals surface area contributed by atoms with Crippen LogP contribution in [0.1, 0.15) is 21.5 Å². The molecule has 1 amide bonds. The van der Waals surface area contributed by atoms with Crippen LogP contribution >= 0.6 is 0 Å². The van der Waals surface area contributed by atoms with Crippen LogP contribution in [0.15, 0.2) is 36.7 Å². The first-order valence-corrected chi connectivity index (χ1v) is 5.84. The molecule has 1 aromatic heterocycles. The maximum atomic E-state index is 11.8. The first kappa shape index (κ1) is 12.3. The van der Waals surface area contributed by atoms with Crippen molar-refractivity contribution in [3.05, 3.63) is 53.3 Å². The maximum absolute atomic E-state index is 11.8. The van der Waals surface area contributed by atoms with Gasteiger partial charge in [0.1, 0.15) is 0 Å². The minimum Gasteiger partial charge on any atom is -0.348 e. The van der Waals surface area contributed by atoms with E-state index in [1.165, 1.54) is 0 Å². The highest BCUT2D eigenvalue weighted by Gasteiger charge is 2.05. The Labute approximate surface area is 105 Å². The van der Waals surface area contributed by atoms with Crippen LogP contribution in [-0.2, 0) is 13.0 Å². The second kappa shape index (κ2) is 5.97. The average molecular weight is 244 g/mol. The van der Waals surface area contributed by atoms with Crippen molar-refractivity contribution >= 4 is 5.91 Å². The lowest BCUT2D eigenvalue weighted by molar-refractivity contribution is 0.0951. The number of carbonyl (C=O) groups excluding carboxylic acids is 1. The summed E-state index contributed by atoms with van der Waals surface area (Å²) in [6, 6.07) is 7.49. The maximum Gasteiger partial charge on any atom is 0.251 e. The number of rotatable bonds is 5. The van der Waals surface area contributed by atoms with Crippen LogP contribution < -0.4 is 11.1 Å². The van der Waals surface area contributed by atoms with Gasteiger partial charge in [-0.3, -0.25) is 9.89 Å². The first-order chi connectivity index (χ1) is 8.79. The van der Waals surface area contributed by atoms with Crippen molar-refractivity contribution in [3.63, 3.8) is 0 Å². The van der Waals surface area contributed by atoms with Crippen molar-refractivity contribution in [2.75, 3.05) is 6.54 Å². The van der Waals surface area contributed by atoms with Crippen molar-refractivity contribution in [3.8, 4) is 0 Å². The normalized spacial score (nSPS) is 10.3. The van der Waals surface area contributed by atoms with Crippen LogP contribution in [-0.4, -0.2) is 22.6 Å². The third-order valence-electron chi connectivity index (χ3n) is 2.66. The minimum atomic E-state index is -0.0875. The van der Waals surface area contributed by atoms with Gasteiger partial charge in [-0.15, -0.1) is 0 Å². The summed E-state index contributed by atoms with van der Waals surface area (Å²) in [6.07, 6.45) is 4.27. The zero-order valence-corrected chi connectivity index (χ0v) is 10.0. The van der Waals surface area contributed by atoms with Crippen molar-refractivity contribution < 1.29 is 4.79 Å². The number of amides is 1. The van der Waals surface area contributed by atoms with Gasteiger partial charge in [-0.25, -0.2) is 0 Å². The number of nitrogens with zero attached hydrogens (tertiary/aromatic N) is 1. The van der Waals surface area contributed by atoms with Gasteiger partial charge in [-0.05, 0) is 30.7 Å². The van der Waals surface area contributed by atoms with Gasteiger partial charge >= 0.3 is 0 Å². The summed E-state index contributed by atoms with van der Waals surface area (Å²) in [7, 11) is 0. The minimum absolute atomic E-state index is 0.0875. The Morgan fingerprint density at radius 3 is 2.67 bits per heavy atom. The highest BCUT2D eigenvalue weighted by atomic mass is 16.1. The Kier molecular flexibility index (Phi) is 4.09. The average Bonchev–Trinajstić information content (AvgIpc) is 2.90. The van der Waals surface area contributed by atoms with Gasteiger partial charge in [-0.1, -0.05) is 12.1 Å². The molecule has 0 bridgehead atoms. The second-order valence-corrected chi connectivity index (χ2v) is 4.02. The molecule has 0 saturated carbocycles. The molecular formula is C13H16N4O. The SMILES string of the molecule is NCCc1ccc(C(=O)NCc2cn[nH]c2)cc1. The molecule has 0 spiro atoms. The largest absolute Gasteiger partial charge is 0.348 e. The number of carbonyl (C=O) groups is 1. The number of nitrogens with two attached hydrogens (primary N) is 1. The highest BCUT2D eigenvalue weighted by molar-refractivity contribution is 5.94. The molecule has 5 heteroatoms. The summed E-state index contributed by atoms with van der Waals surface area (Å²) >= 11 is 0. The van der Waals surface area contributed by atoms with Gasteiger partial charge in [-0.2, -0.15) is 5.10 Å². The Bertz CT molecular complexity index is 490. The quantitative estimate of drug-likeness (QED) is 0.728. The molecule has 5 nitrogen and oxygen atoms in total. The molecule has 1 heterocycles. The fourth-order valence-corrected chi connectivity index (χ4v) is 1.65. The Balaban J connectivity index is 1.92. The summed E-state index contributed by atoms with van der Waals surface area (Å²) in [5, 5.41) is 9.35. The van der Waals surface area contributed by atoms with Gasteiger partial charge in [0.2, 0.25) is 0 Å². The topological polar surface area (TPSA) is 83.8 Å². The van der Waals surface area contributed by atoms with Crippen LogP contribution in [0.5, 0.6) is 0 Å². The number of H-pyrrole nitrogens is 1. The smallest absolute Gasteiger partial charge is 0.251 e. The standard InChI is InChI=1S/C13H16N4O/c14-6-5-10-1-3-12(4-2-10)13(18)15-7-11-8-16-17-9-11/h1-4,8-9H,5-7,14H2,(H,15,18)(H,16,17). The third-order valence-corrected chi connectivity index (χ3v) is 2.66. The van der Waals surface area contributed by atoms with Gasteiger partial charge in [0, 0.05) is 23.9 Å². The van der Waals surface area contributed by atoms with E-state index in [1.807, 2.05) is 24.3 Å². The van der Waals surface area contributed by atoms with Gasteiger partial charge in [0.25, 0.3) is 5.91 Å². The van der Waals surface area contributed by atoms with E-state index in [0.29, 0.717) is 18.7 Å². The van der Waals surface area contributed by atoms with E-state index in [2.05, 4.69) is 15.5 Å². The molecular weight excluding hydrogens is 228 g/mol. The molecule has 18 heavy (non-hydrogen) atoms. The number of hydrogen-bond acceptors (Lipinski definition) is 3. The summed E-state index contributed by atoms with van der Waals surface area (Å²) < 4.78 is 0. The third kappa shape index (κ3) is 3.18. The van der Waals surface area contributed by atoms with Crippen molar-refractivity contribution in [1.82, 2.24) is 15.5 Å². The summed E-state index contributed by atoms with van der Waals surface area (Å²) in [5.41, 5.74) is 8.21. The lowest BCUT2D eigenvalue weighted by atomic mass is 10.1. The second-order valence-electron chi connectivity index (χ2n) is 4.02. The van der Waals surface area contributed by atoms with Gasteiger partial charge in [0.05, 0.1) is 6.20 Å². The van der Waals surface area contributed by atoms with E-state index in [-0.39, 0.29) is 5.91 Å². The molecule has 2 rings (SSSR count). The van der Waals surface area contributed by atoms with Crippen molar-refractivity contribution in [2.24, 2.45) is 5.73 Å². The molecule has 0 aliphatic rings. The molecule has 0 radical (unpaired) electrons. The predicted octanol–water partition coefficient (Wildman–Crippen LogP) is 0.841. The van der Waals surface area contributed by atoms with Gasteiger partial charge in [0.15, 0.2) is 0 Å². The van der Waals surface area contributed by atoms with Crippen LogP contribution in [0, 0.1) is 0 Å². The van der Waals surface area contributed by atoms with E-state index >= 15 is 0 Å². The predicted molar refractivity (Wildman–Crippen MR) is 69.0 cm³/mol. The molecule has 1 aromatic carbocycles. The highest BCUT2D eigenvalue weighted by Crippen LogP contribution is 2.05. The number of benzene rings is 1. The van der Waals surface area contributed by atoms with Crippen LogP contribution in [0.4, 0.5) is 0 Å². The van der Waals surface area contributed by atoms with E-state index in [9.17, 15) is 4.79 Å².